The molecule has 0 radical (unpaired) electrons. The number of thiocarbonyl (C=S) groups is 1. The molecule has 0 aromatic carbocycles. The molecule has 4 atom stereocenters. The van der Waals surface area contributed by atoms with Crippen molar-refractivity contribution in [1.29, 1.82) is 0 Å². The van der Waals surface area contributed by atoms with E-state index in [1.807, 2.05) is 0 Å². The van der Waals surface area contributed by atoms with Crippen LogP contribution in [-0.4, -0.2) is 93.4 Å². The molecular weight excluding hydrogens is 394 g/mol. The van der Waals surface area contributed by atoms with E-state index in [1.165, 1.54) is 28.4 Å². The number of carbonyl (C=O) groups excluding carboxylic acids is 2. The summed E-state index contributed by atoms with van der Waals surface area (Å²) in [5.41, 5.74) is 0. The minimum atomic E-state index is -1.30. The van der Waals surface area contributed by atoms with Crippen LogP contribution in [0.15, 0.2) is 10.3 Å². The fourth-order valence-electron chi connectivity index (χ4n) is 3.39. The first-order valence-corrected chi connectivity index (χ1v) is 10.6. The zero-order chi connectivity index (χ0) is 19.2. The van der Waals surface area contributed by atoms with E-state index in [4.69, 9.17) is 12.2 Å². The van der Waals surface area contributed by atoms with Crippen molar-refractivity contribution in [3.63, 3.8) is 0 Å². The fourth-order valence-corrected chi connectivity index (χ4v) is 6.21. The molecule has 0 spiro atoms. The zero-order valence-corrected chi connectivity index (χ0v) is 17.4. The number of hydrogen-bond donors (Lipinski definition) is 1. The molecule has 144 valence electrons. The first kappa shape index (κ1) is 19.9. The average molecular weight is 418 g/mol. The number of amides is 1. The minimum absolute atomic E-state index is 0.335. The van der Waals surface area contributed by atoms with Gasteiger partial charge in [-0.1, -0.05) is 24.0 Å². The van der Waals surface area contributed by atoms with Gasteiger partial charge in [-0.2, -0.15) is 0 Å². The largest absolute Gasteiger partial charge is 0.547 e. The molecule has 10 heteroatoms. The Morgan fingerprint density at radius 2 is 2.08 bits per heavy atom. The highest BCUT2D eigenvalue weighted by Gasteiger charge is 2.58. The molecule has 3 heterocycles. The van der Waals surface area contributed by atoms with Crippen molar-refractivity contribution < 1.29 is 24.3 Å². The fraction of sp³-hybridized carbons (Fsp3) is 0.688. The Morgan fingerprint density at radius 3 is 2.62 bits per heavy atom. The van der Waals surface area contributed by atoms with Gasteiger partial charge in [0.2, 0.25) is 5.91 Å². The van der Waals surface area contributed by atoms with E-state index in [-0.39, 0.29) is 11.3 Å². The van der Waals surface area contributed by atoms with Crippen LogP contribution in [0.25, 0.3) is 0 Å². The van der Waals surface area contributed by atoms with Gasteiger partial charge >= 0.3 is 0 Å². The molecule has 0 bridgehead atoms. The number of piperazine rings is 1. The quantitative estimate of drug-likeness (QED) is 0.366. The van der Waals surface area contributed by atoms with E-state index >= 15 is 0 Å². The molecule has 26 heavy (non-hydrogen) atoms. The summed E-state index contributed by atoms with van der Waals surface area (Å²) in [4.78, 5) is 27.7. The van der Waals surface area contributed by atoms with Gasteiger partial charge in [0, 0.05) is 4.91 Å². The number of hydrogen-bond acceptors (Lipinski definition) is 7. The monoisotopic (exact) mass is 417 g/mol. The molecule has 3 rings (SSSR count). The topological polar surface area (TPSA) is 83.9 Å². The normalized spacial score (nSPS) is 33.0. The van der Waals surface area contributed by atoms with Crippen molar-refractivity contribution in [1.82, 2.24) is 9.80 Å². The van der Waals surface area contributed by atoms with Crippen LogP contribution in [0.2, 0.25) is 0 Å². The first-order chi connectivity index (χ1) is 12.1. The summed E-state index contributed by atoms with van der Waals surface area (Å²) in [5, 5.41) is 22.7. The Bertz CT molecular complexity index is 657. The second-order valence-electron chi connectivity index (χ2n) is 7.52. The van der Waals surface area contributed by atoms with Gasteiger partial charge < -0.3 is 29.3 Å². The zero-order valence-electron chi connectivity index (χ0n) is 15.0. The van der Waals surface area contributed by atoms with Crippen molar-refractivity contribution in [2.75, 3.05) is 40.3 Å². The lowest BCUT2D eigenvalue weighted by atomic mass is 9.91. The molecule has 0 aromatic rings. The Kier molecular flexibility index (Phi) is 5.60. The van der Waals surface area contributed by atoms with Crippen LogP contribution in [0, 0.1) is 5.92 Å². The standard InChI is InChI=1S/C16H23N3O4S3/c1-9(20)11-13(21)18-12(15(22)23)10(26-14(11)18)8-25-16(24)17-4-6-19(2,3)7-5-17/h8-9,11-12,14,20H,4-7H2,1-3H3/t9-,11+,12?,14-/m1/s1. The third kappa shape index (κ3) is 3.62. The molecule has 1 unspecified atom stereocenters. The third-order valence-electron chi connectivity index (χ3n) is 5.15. The molecule has 0 saturated carbocycles. The lowest BCUT2D eigenvalue weighted by Crippen LogP contribution is -2.65. The lowest BCUT2D eigenvalue weighted by Gasteiger charge is -2.45. The average Bonchev–Trinajstić information content (AvgIpc) is 2.86. The third-order valence-corrected chi connectivity index (χ3v) is 8.06. The molecule has 0 aromatic heterocycles. The number of carboxylic acids is 1. The Morgan fingerprint density at radius 1 is 1.46 bits per heavy atom. The highest BCUT2D eigenvalue weighted by Crippen LogP contribution is 2.51. The molecule has 3 aliphatic rings. The van der Waals surface area contributed by atoms with E-state index in [2.05, 4.69) is 19.0 Å². The Balaban J connectivity index is 1.67. The van der Waals surface area contributed by atoms with Crippen molar-refractivity contribution in [2.45, 2.75) is 24.4 Å². The van der Waals surface area contributed by atoms with Gasteiger partial charge in [0.05, 0.1) is 63.6 Å². The maximum Gasteiger partial charge on any atom is 0.233 e. The summed E-state index contributed by atoms with van der Waals surface area (Å²) in [6.45, 7) is 5.31. The number of carboxylic acid groups (broad SMARTS) is 1. The van der Waals surface area contributed by atoms with Crippen LogP contribution in [0.5, 0.6) is 0 Å². The van der Waals surface area contributed by atoms with E-state index in [0.29, 0.717) is 9.23 Å². The van der Waals surface area contributed by atoms with Gasteiger partial charge in [-0.3, -0.25) is 4.79 Å². The van der Waals surface area contributed by atoms with Crippen molar-refractivity contribution in [3.05, 3.63) is 10.3 Å². The predicted molar refractivity (Wildman–Crippen MR) is 104 cm³/mol. The number of quaternary nitrogens is 1. The lowest BCUT2D eigenvalue weighted by molar-refractivity contribution is -0.893. The number of rotatable bonds is 3. The maximum atomic E-state index is 12.2. The summed E-state index contributed by atoms with van der Waals surface area (Å²) in [6.07, 6.45) is -0.804. The molecule has 1 N–H and O–H groups in total. The van der Waals surface area contributed by atoms with Gasteiger partial charge in [-0.25, -0.2) is 0 Å². The maximum absolute atomic E-state index is 12.2. The van der Waals surface area contributed by atoms with Crippen LogP contribution in [0.1, 0.15) is 6.92 Å². The molecule has 3 aliphatic heterocycles. The van der Waals surface area contributed by atoms with Crippen LogP contribution >= 0.6 is 35.7 Å². The number of fused-ring (bicyclic) bond motifs is 1. The van der Waals surface area contributed by atoms with Gasteiger partial charge in [0.15, 0.2) is 0 Å². The number of likely N-dealkylation sites (N-methyl/N-ethyl adjacent to an activating group) is 1. The van der Waals surface area contributed by atoms with E-state index in [0.717, 1.165) is 30.7 Å². The summed E-state index contributed by atoms with van der Waals surface area (Å²) >= 11 is 8.12. The summed E-state index contributed by atoms with van der Waals surface area (Å²) in [7, 11) is 4.38. The highest BCUT2D eigenvalue weighted by molar-refractivity contribution is 8.25. The van der Waals surface area contributed by atoms with Crippen molar-refractivity contribution in [2.24, 2.45) is 5.92 Å². The molecule has 0 aliphatic carbocycles. The molecule has 3 fully saturated rings. The first-order valence-electron chi connectivity index (χ1n) is 8.48. The van der Waals surface area contributed by atoms with Crippen molar-refractivity contribution in [3.8, 4) is 0 Å². The smallest absolute Gasteiger partial charge is 0.233 e. The summed E-state index contributed by atoms with van der Waals surface area (Å²) in [5.74, 6) is -2.20. The second-order valence-corrected chi connectivity index (χ2v) is 10.2. The number of carbonyl (C=O) groups is 2. The number of β-lactam (4-membered cyclic amide) rings is 1. The predicted octanol–water partition coefficient (Wildman–Crippen LogP) is -0.731. The molecular formula is C16H23N3O4S3. The summed E-state index contributed by atoms with van der Waals surface area (Å²) in [6, 6.07) is -1.08. The van der Waals surface area contributed by atoms with E-state index < -0.39 is 24.0 Å². The minimum Gasteiger partial charge on any atom is -0.547 e. The highest BCUT2D eigenvalue weighted by atomic mass is 32.2. The van der Waals surface area contributed by atoms with Gasteiger partial charge in [0.1, 0.15) is 10.4 Å². The van der Waals surface area contributed by atoms with Gasteiger partial charge in [-0.05, 0) is 12.3 Å². The summed E-state index contributed by atoms with van der Waals surface area (Å²) < 4.78 is 1.68. The Hall–Kier alpha value is -0.810. The van der Waals surface area contributed by atoms with E-state index in [9.17, 15) is 19.8 Å². The molecule has 7 nitrogen and oxygen atoms in total. The number of nitrogens with zero attached hydrogens (tertiary/aromatic N) is 3. The molecule has 3 saturated heterocycles. The SMILES string of the molecule is C[C@@H](O)[C@H]1C(=O)N2C(C(=O)[O-])C(=CSC(=S)N3CC[N+](C)(C)CC3)S[C@H]12. The van der Waals surface area contributed by atoms with Crippen molar-refractivity contribution >= 4 is 51.9 Å². The number of aliphatic hydroxyl groups is 1. The van der Waals surface area contributed by atoms with Crippen LogP contribution in [0.4, 0.5) is 0 Å². The molecule has 1 amide bonds. The van der Waals surface area contributed by atoms with Crippen LogP contribution < -0.4 is 5.11 Å². The number of thioether (sulfide) groups is 2. The number of aliphatic carboxylic acids is 1. The number of aliphatic hydroxyl groups excluding tert-OH is 1. The van der Waals surface area contributed by atoms with Gasteiger partial charge in [0.25, 0.3) is 0 Å². The second kappa shape index (κ2) is 7.31. The van der Waals surface area contributed by atoms with E-state index in [1.54, 1.807) is 12.3 Å². The van der Waals surface area contributed by atoms with Crippen LogP contribution in [0.3, 0.4) is 0 Å². The Labute approximate surface area is 167 Å². The van der Waals surface area contributed by atoms with Gasteiger partial charge in [-0.15, -0.1) is 11.8 Å². The van der Waals surface area contributed by atoms with Crippen LogP contribution in [-0.2, 0) is 9.59 Å².